The smallest absolute Gasteiger partial charge is 0.317 e. The molecule has 1 aromatic heterocycles. The molecule has 114 valence electrons. The molecule has 0 saturated heterocycles. The Balaban J connectivity index is 1.89. The first kappa shape index (κ1) is 15.4. The van der Waals surface area contributed by atoms with Gasteiger partial charge in [0.15, 0.2) is 0 Å². The third kappa shape index (κ3) is 4.00. The summed E-state index contributed by atoms with van der Waals surface area (Å²) >= 11 is 0. The number of carbonyl (C=O) groups is 1. The van der Waals surface area contributed by atoms with Gasteiger partial charge >= 0.3 is 6.03 Å². The summed E-state index contributed by atoms with van der Waals surface area (Å²) in [6.07, 6.45) is 4.18. The van der Waals surface area contributed by atoms with Crippen LogP contribution in [0.1, 0.15) is 26.7 Å². The van der Waals surface area contributed by atoms with Crippen molar-refractivity contribution in [1.82, 2.24) is 14.8 Å². The van der Waals surface area contributed by atoms with Crippen LogP contribution in [0.5, 0.6) is 0 Å². The number of hydrogen-bond acceptors (Lipinski definition) is 1. The minimum atomic E-state index is 0.00686. The third-order valence-corrected chi connectivity index (χ3v) is 3.79. The van der Waals surface area contributed by atoms with Crippen molar-refractivity contribution in [2.75, 3.05) is 13.6 Å². The van der Waals surface area contributed by atoms with Gasteiger partial charge in [-0.15, -0.1) is 0 Å². The average molecular weight is 287 g/mol. The molecule has 21 heavy (non-hydrogen) atoms. The van der Waals surface area contributed by atoms with E-state index in [1.165, 1.54) is 10.9 Å². The number of benzene rings is 1. The maximum absolute atomic E-state index is 12.1. The molecule has 0 aliphatic rings. The highest BCUT2D eigenvalue weighted by molar-refractivity contribution is 5.80. The SMILES string of the molecule is CCC[C@@H](C)NC(=O)N(C)CCn1ccc2ccccc21. The molecule has 1 N–H and O–H groups in total. The highest BCUT2D eigenvalue weighted by Gasteiger charge is 2.11. The highest BCUT2D eigenvalue weighted by Crippen LogP contribution is 2.14. The van der Waals surface area contributed by atoms with Crippen LogP contribution in [0.2, 0.25) is 0 Å². The predicted molar refractivity (Wildman–Crippen MR) is 87.5 cm³/mol. The quantitative estimate of drug-likeness (QED) is 0.868. The van der Waals surface area contributed by atoms with E-state index in [2.05, 4.69) is 48.1 Å². The minimum absolute atomic E-state index is 0.00686. The van der Waals surface area contributed by atoms with Gasteiger partial charge in [0.1, 0.15) is 0 Å². The number of aromatic nitrogens is 1. The Bertz CT molecular complexity index is 590. The van der Waals surface area contributed by atoms with Crippen LogP contribution in [-0.2, 0) is 6.54 Å². The Labute approximate surface area is 126 Å². The molecule has 0 unspecified atom stereocenters. The molecule has 2 aromatic rings. The van der Waals surface area contributed by atoms with Crippen molar-refractivity contribution in [2.45, 2.75) is 39.3 Å². The molecule has 0 saturated carbocycles. The molecule has 0 aliphatic heterocycles. The van der Waals surface area contributed by atoms with Crippen molar-refractivity contribution in [3.05, 3.63) is 36.5 Å². The van der Waals surface area contributed by atoms with Gasteiger partial charge in [-0.2, -0.15) is 0 Å². The number of para-hydroxylation sites is 1. The van der Waals surface area contributed by atoms with Crippen molar-refractivity contribution >= 4 is 16.9 Å². The number of nitrogens with one attached hydrogen (secondary N) is 1. The molecule has 1 aromatic carbocycles. The molecule has 1 heterocycles. The number of fused-ring (bicyclic) bond motifs is 1. The highest BCUT2D eigenvalue weighted by atomic mass is 16.2. The van der Waals surface area contributed by atoms with Crippen LogP contribution >= 0.6 is 0 Å². The summed E-state index contributed by atoms with van der Waals surface area (Å²) in [7, 11) is 1.85. The van der Waals surface area contributed by atoms with E-state index in [1.54, 1.807) is 4.90 Å². The Morgan fingerprint density at radius 1 is 1.33 bits per heavy atom. The van der Waals surface area contributed by atoms with Gasteiger partial charge in [-0.05, 0) is 30.9 Å². The molecular weight excluding hydrogens is 262 g/mol. The zero-order valence-electron chi connectivity index (χ0n) is 13.2. The van der Waals surface area contributed by atoms with Crippen molar-refractivity contribution in [3.8, 4) is 0 Å². The molecule has 1 atom stereocenters. The first-order valence-corrected chi connectivity index (χ1v) is 7.67. The zero-order chi connectivity index (χ0) is 15.2. The van der Waals surface area contributed by atoms with E-state index in [9.17, 15) is 4.79 Å². The lowest BCUT2D eigenvalue weighted by Crippen LogP contribution is -2.42. The molecular formula is C17H25N3O. The van der Waals surface area contributed by atoms with Crippen LogP contribution in [0.25, 0.3) is 10.9 Å². The normalized spacial score (nSPS) is 12.3. The average Bonchev–Trinajstić information content (AvgIpc) is 2.88. The number of nitrogens with zero attached hydrogens (tertiary/aromatic N) is 2. The van der Waals surface area contributed by atoms with Gasteiger partial charge in [0.05, 0.1) is 0 Å². The van der Waals surface area contributed by atoms with E-state index in [4.69, 9.17) is 0 Å². The molecule has 2 amide bonds. The Kier molecular flexibility index (Phi) is 5.26. The van der Waals surface area contributed by atoms with Gasteiger partial charge in [-0.25, -0.2) is 4.79 Å². The Morgan fingerprint density at radius 3 is 2.86 bits per heavy atom. The second kappa shape index (κ2) is 7.16. The molecule has 4 nitrogen and oxygen atoms in total. The second-order valence-electron chi connectivity index (χ2n) is 5.63. The van der Waals surface area contributed by atoms with Crippen LogP contribution in [0.4, 0.5) is 4.79 Å². The van der Waals surface area contributed by atoms with Gasteiger partial charge in [0.25, 0.3) is 0 Å². The number of urea groups is 1. The van der Waals surface area contributed by atoms with Gasteiger partial charge in [-0.1, -0.05) is 31.5 Å². The molecule has 0 bridgehead atoms. The van der Waals surface area contributed by atoms with E-state index < -0.39 is 0 Å². The van der Waals surface area contributed by atoms with Crippen LogP contribution in [0.3, 0.4) is 0 Å². The topological polar surface area (TPSA) is 37.3 Å². The minimum Gasteiger partial charge on any atom is -0.346 e. The number of hydrogen-bond donors (Lipinski definition) is 1. The van der Waals surface area contributed by atoms with Crippen LogP contribution < -0.4 is 5.32 Å². The summed E-state index contributed by atoms with van der Waals surface area (Å²) in [5, 5.41) is 4.26. The van der Waals surface area contributed by atoms with E-state index in [-0.39, 0.29) is 12.1 Å². The van der Waals surface area contributed by atoms with E-state index in [0.717, 1.165) is 19.4 Å². The second-order valence-corrected chi connectivity index (χ2v) is 5.63. The van der Waals surface area contributed by atoms with Gasteiger partial charge < -0.3 is 14.8 Å². The molecule has 2 rings (SSSR count). The Hall–Kier alpha value is -1.97. The lowest BCUT2D eigenvalue weighted by molar-refractivity contribution is 0.203. The fourth-order valence-electron chi connectivity index (χ4n) is 2.52. The summed E-state index contributed by atoms with van der Waals surface area (Å²) in [4.78, 5) is 13.8. The lowest BCUT2D eigenvalue weighted by atomic mass is 10.2. The number of likely N-dealkylation sites (N-methyl/N-ethyl adjacent to an activating group) is 1. The molecule has 0 aliphatic carbocycles. The van der Waals surface area contributed by atoms with Gasteiger partial charge in [0.2, 0.25) is 0 Å². The van der Waals surface area contributed by atoms with Crippen molar-refractivity contribution in [3.63, 3.8) is 0 Å². The summed E-state index contributed by atoms with van der Waals surface area (Å²) in [6.45, 7) is 5.68. The number of carbonyl (C=O) groups excluding carboxylic acids is 1. The summed E-state index contributed by atoms with van der Waals surface area (Å²) < 4.78 is 2.19. The van der Waals surface area contributed by atoms with Crippen LogP contribution in [0.15, 0.2) is 36.5 Å². The molecule has 4 heteroatoms. The largest absolute Gasteiger partial charge is 0.346 e. The van der Waals surface area contributed by atoms with Crippen LogP contribution in [0, 0.1) is 0 Å². The number of rotatable bonds is 6. The molecule has 0 spiro atoms. The zero-order valence-corrected chi connectivity index (χ0v) is 13.2. The molecule has 0 radical (unpaired) electrons. The first-order chi connectivity index (χ1) is 10.1. The first-order valence-electron chi connectivity index (χ1n) is 7.67. The lowest BCUT2D eigenvalue weighted by Gasteiger charge is -2.21. The summed E-state index contributed by atoms with van der Waals surface area (Å²) in [5.41, 5.74) is 1.21. The molecule has 0 fully saturated rings. The van der Waals surface area contributed by atoms with Crippen molar-refractivity contribution < 1.29 is 4.79 Å². The van der Waals surface area contributed by atoms with Gasteiger partial charge in [0, 0.05) is 37.9 Å². The maximum Gasteiger partial charge on any atom is 0.317 e. The predicted octanol–water partition coefficient (Wildman–Crippen LogP) is 3.47. The van der Waals surface area contributed by atoms with E-state index in [0.29, 0.717) is 6.54 Å². The maximum atomic E-state index is 12.1. The summed E-state index contributed by atoms with van der Waals surface area (Å²) in [5.74, 6) is 0. The van der Waals surface area contributed by atoms with Crippen molar-refractivity contribution in [2.24, 2.45) is 0 Å². The fourth-order valence-corrected chi connectivity index (χ4v) is 2.52. The summed E-state index contributed by atoms with van der Waals surface area (Å²) in [6, 6.07) is 10.7. The van der Waals surface area contributed by atoms with E-state index >= 15 is 0 Å². The van der Waals surface area contributed by atoms with Gasteiger partial charge in [-0.3, -0.25) is 0 Å². The monoisotopic (exact) mass is 287 g/mol. The standard InChI is InChI=1S/C17H25N3O/c1-4-7-14(2)18-17(21)19(3)12-13-20-11-10-15-8-5-6-9-16(15)20/h5-6,8-11,14H,4,7,12-13H2,1-3H3,(H,18,21)/t14-/m1/s1. The fraction of sp³-hybridized carbons (Fsp3) is 0.471. The Morgan fingerprint density at radius 2 is 2.10 bits per heavy atom. The third-order valence-electron chi connectivity index (χ3n) is 3.79. The van der Waals surface area contributed by atoms with Crippen molar-refractivity contribution in [1.29, 1.82) is 0 Å². The van der Waals surface area contributed by atoms with E-state index in [1.807, 2.05) is 19.2 Å². The van der Waals surface area contributed by atoms with Crippen LogP contribution in [-0.4, -0.2) is 35.1 Å². The number of amides is 2.